The second-order valence-electron chi connectivity index (χ2n) is 8.90. The predicted octanol–water partition coefficient (Wildman–Crippen LogP) is 5.62. The molecule has 3 heterocycles. The molecule has 0 saturated heterocycles. The molecule has 0 N–H and O–H groups in total. The third kappa shape index (κ3) is 3.99. The van der Waals surface area contributed by atoms with Crippen LogP contribution in [-0.2, 0) is 11.3 Å². The van der Waals surface area contributed by atoms with E-state index in [1.165, 1.54) is 0 Å². The van der Waals surface area contributed by atoms with Crippen molar-refractivity contribution < 1.29 is 4.79 Å². The summed E-state index contributed by atoms with van der Waals surface area (Å²) in [6, 6.07) is 17.8. The van der Waals surface area contributed by atoms with Gasteiger partial charge in [-0.15, -0.1) is 0 Å². The molecule has 0 unspecified atom stereocenters. The fraction of sp³-hybridized carbons (Fsp3) is 0.259. The summed E-state index contributed by atoms with van der Waals surface area (Å²) in [6.45, 7) is 8.39. The Morgan fingerprint density at radius 2 is 1.65 bits per heavy atom. The van der Waals surface area contributed by atoms with Crippen molar-refractivity contribution in [1.29, 1.82) is 0 Å². The van der Waals surface area contributed by atoms with Crippen LogP contribution in [-0.4, -0.2) is 25.7 Å². The van der Waals surface area contributed by atoms with Gasteiger partial charge in [0.1, 0.15) is 5.82 Å². The lowest BCUT2D eigenvalue weighted by atomic mass is 9.85. The van der Waals surface area contributed by atoms with Gasteiger partial charge in [0.15, 0.2) is 0 Å². The average Bonchev–Trinajstić information content (AvgIpc) is 3.14. The minimum absolute atomic E-state index is 0.0428. The highest BCUT2D eigenvalue weighted by Gasteiger charge is 2.38. The first-order chi connectivity index (χ1) is 16.3. The van der Waals surface area contributed by atoms with Crippen LogP contribution in [0.3, 0.4) is 0 Å². The van der Waals surface area contributed by atoms with Crippen LogP contribution >= 0.6 is 11.6 Å². The number of carbonyl (C=O) groups is 1. The number of fused-ring (bicyclic) bond motifs is 1. The Hall–Kier alpha value is -3.51. The van der Waals surface area contributed by atoms with Gasteiger partial charge in [-0.25, -0.2) is 9.97 Å². The normalized spacial score (nSPS) is 15.5. The van der Waals surface area contributed by atoms with Gasteiger partial charge in [0.25, 0.3) is 5.95 Å². The van der Waals surface area contributed by atoms with E-state index >= 15 is 0 Å². The van der Waals surface area contributed by atoms with Crippen molar-refractivity contribution in [3.05, 3.63) is 99.0 Å². The molecule has 4 aromatic rings. The number of rotatable bonds is 4. The van der Waals surface area contributed by atoms with E-state index in [0.29, 0.717) is 23.9 Å². The molecule has 7 heteroatoms. The van der Waals surface area contributed by atoms with Gasteiger partial charge in [-0.05, 0) is 62.6 Å². The SMILES string of the molecule is Cc1cc(C)nc(-n2nc(C)c3c2N(Cc2ccccc2C)C(=O)C[C@H]3c2ccc(Cl)cc2)n1. The molecule has 0 fully saturated rings. The van der Waals surface area contributed by atoms with Crippen LogP contribution in [0.15, 0.2) is 54.6 Å². The molecule has 0 radical (unpaired) electrons. The zero-order chi connectivity index (χ0) is 24.0. The molecule has 6 nitrogen and oxygen atoms in total. The summed E-state index contributed by atoms with van der Waals surface area (Å²) in [4.78, 5) is 24.8. The molecule has 2 aromatic carbocycles. The Morgan fingerprint density at radius 3 is 2.32 bits per heavy atom. The number of aryl methyl sites for hydroxylation is 4. The van der Waals surface area contributed by atoms with Crippen LogP contribution in [0.25, 0.3) is 5.95 Å². The van der Waals surface area contributed by atoms with Crippen LogP contribution < -0.4 is 4.90 Å². The maximum Gasteiger partial charge on any atom is 0.252 e. The second-order valence-corrected chi connectivity index (χ2v) is 9.34. The highest BCUT2D eigenvalue weighted by molar-refractivity contribution is 6.30. The number of carbonyl (C=O) groups excluding carboxylic acids is 1. The van der Waals surface area contributed by atoms with Gasteiger partial charge >= 0.3 is 0 Å². The van der Waals surface area contributed by atoms with E-state index in [-0.39, 0.29) is 11.8 Å². The molecular formula is C27H26ClN5O. The van der Waals surface area contributed by atoms with Crippen LogP contribution in [0.5, 0.6) is 0 Å². The molecule has 1 amide bonds. The summed E-state index contributed by atoms with van der Waals surface area (Å²) in [7, 11) is 0. The summed E-state index contributed by atoms with van der Waals surface area (Å²) in [5, 5.41) is 5.53. The van der Waals surface area contributed by atoms with Crippen molar-refractivity contribution in [2.45, 2.75) is 46.6 Å². The highest BCUT2D eigenvalue weighted by Crippen LogP contribution is 2.43. The first-order valence-electron chi connectivity index (χ1n) is 11.3. The zero-order valence-corrected chi connectivity index (χ0v) is 20.5. The maximum atomic E-state index is 13.7. The Labute approximate surface area is 204 Å². The number of hydrogen-bond donors (Lipinski definition) is 0. The van der Waals surface area contributed by atoms with Gasteiger partial charge in [-0.3, -0.25) is 9.69 Å². The number of aromatic nitrogens is 4. The molecule has 1 aliphatic heterocycles. The van der Waals surface area contributed by atoms with E-state index in [1.54, 1.807) is 4.68 Å². The van der Waals surface area contributed by atoms with Crippen LogP contribution in [0.1, 0.15) is 51.7 Å². The molecule has 1 aliphatic rings. The van der Waals surface area contributed by atoms with Crippen molar-refractivity contribution >= 4 is 23.3 Å². The monoisotopic (exact) mass is 471 g/mol. The van der Waals surface area contributed by atoms with Crippen molar-refractivity contribution in [2.24, 2.45) is 0 Å². The van der Waals surface area contributed by atoms with Gasteiger partial charge in [0.2, 0.25) is 5.91 Å². The molecule has 2 aromatic heterocycles. The standard InChI is InChI=1S/C27H26ClN5O/c1-16-7-5-6-8-21(16)15-32-24(34)14-23(20-9-11-22(28)12-10-20)25-19(4)31-33(26(25)32)27-29-17(2)13-18(3)30-27/h5-13,23H,14-15H2,1-4H3/t23-/m0/s1. The number of benzene rings is 2. The molecule has 0 aliphatic carbocycles. The summed E-state index contributed by atoms with van der Waals surface area (Å²) in [5.74, 6) is 1.14. The van der Waals surface area contributed by atoms with Crippen molar-refractivity contribution in [1.82, 2.24) is 19.7 Å². The van der Waals surface area contributed by atoms with Crippen molar-refractivity contribution in [2.75, 3.05) is 4.90 Å². The molecule has 34 heavy (non-hydrogen) atoms. The van der Waals surface area contributed by atoms with E-state index in [9.17, 15) is 4.79 Å². The molecule has 0 bridgehead atoms. The minimum atomic E-state index is -0.118. The van der Waals surface area contributed by atoms with E-state index in [4.69, 9.17) is 16.7 Å². The third-order valence-electron chi connectivity index (χ3n) is 6.39. The van der Waals surface area contributed by atoms with Gasteiger partial charge in [0.05, 0.1) is 12.2 Å². The van der Waals surface area contributed by atoms with E-state index in [1.807, 2.05) is 68.1 Å². The van der Waals surface area contributed by atoms with E-state index in [0.717, 1.165) is 45.2 Å². The molecule has 1 atom stereocenters. The minimum Gasteiger partial charge on any atom is -0.292 e. The smallest absolute Gasteiger partial charge is 0.252 e. The van der Waals surface area contributed by atoms with Gasteiger partial charge in [0, 0.05) is 34.3 Å². The zero-order valence-electron chi connectivity index (χ0n) is 19.7. The largest absolute Gasteiger partial charge is 0.292 e. The van der Waals surface area contributed by atoms with E-state index < -0.39 is 0 Å². The molecule has 172 valence electrons. The highest BCUT2D eigenvalue weighted by atomic mass is 35.5. The lowest BCUT2D eigenvalue weighted by Gasteiger charge is -2.33. The topological polar surface area (TPSA) is 63.9 Å². The van der Waals surface area contributed by atoms with Crippen molar-refractivity contribution in [3.8, 4) is 5.95 Å². The number of hydrogen-bond acceptors (Lipinski definition) is 4. The molecular weight excluding hydrogens is 446 g/mol. The quantitative estimate of drug-likeness (QED) is 0.387. The van der Waals surface area contributed by atoms with Gasteiger partial charge in [-0.2, -0.15) is 9.78 Å². The lowest BCUT2D eigenvalue weighted by Crippen LogP contribution is -2.38. The van der Waals surface area contributed by atoms with Gasteiger partial charge < -0.3 is 0 Å². The Bertz CT molecular complexity index is 1370. The van der Waals surface area contributed by atoms with Gasteiger partial charge in [-0.1, -0.05) is 48.0 Å². The summed E-state index contributed by atoms with van der Waals surface area (Å²) in [6.07, 6.45) is 0.362. The van der Waals surface area contributed by atoms with Crippen molar-refractivity contribution in [3.63, 3.8) is 0 Å². The summed E-state index contributed by atoms with van der Waals surface area (Å²) < 4.78 is 1.74. The second kappa shape index (κ2) is 8.69. The Kier molecular flexibility index (Phi) is 5.70. The molecule has 0 saturated carbocycles. The fourth-order valence-corrected chi connectivity index (χ4v) is 4.87. The summed E-state index contributed by atoms with van der Waals surface area (Å²) >= 11 is 6.14. The van der Waals surface area contributed by atoms with Crippen LogP contribution in [0, 0.1) is 27.7 Å². The first kappa shape index (κ1) is 22.3. The maximum absolute atomic E-state index is 13.7. The molecule has 5 rings (SSSR count). The third-order valence-corrected chi connectivity index (χ3v) is 6.64. The Balaban J connectivity index is 1.72. The molecule has 0 spiro atoms. The number of halogens is 1. The van der Waals surface area contributed by atoms with E-state index in [2.05, 4.69) is 29.0 Å². The van der Waals surface area contributed by atoms with Crippen LogP contribution in [0.2, 0.25) is 5.02 Å². The summed E-state index contributed by atoms with van der Waals surface area (Å²) in [5.41, 5.74) is 6.87. The lowest BCUT2D eigenvalue weighted by molar-refractivity contribution is -0.119. The Morgan fingerprint density at radius 1 is 0.971 bits per heavy atom. The first-order valence-corrected chi connectivity index (χ1v) is 11.7. The number of nitrogens with zero attached hydrogens (tertiary/aromatic N) is 5. The average molecular weight is 472 g/mol. The number of amides is 1. The van der Waals surface area contributed by atoms with Crippen LogP contribution in [0.4, 0.5) is 5.82 Å². The fourth-order valence-electron chi connectivity index (χ4n) is 4.74. The predicted molar refractivity (Wildman–Crippen MR) is 134 cm³/mol. The number of anilines is 1.